The summed E-state index contributed by atoms with van der Waals surface area (Å²) in [6.45, 7) is 3.81. The number of ether oxygens (including phenoxy) is 1. The van der Waals surface area contributed by atoms with Crippen LogP contribution in [0.15, 0.2) is 35.9 Å². The Hall–Kier alpha value is -2.03. The number of allylic oxidation sites excluding steroid dienone is 2. The number of hydrogen-bond donors (Lipinski definition) is 1. The standard InChI is InChI=1S/C16H18O3/c1-12(11-17)4-3-8-16(2)9-7-13-10-14(18)5-6-15(13)19-16/h4-7,9-11,18H,3,8H2,1-2H3/b12-4+/t16-/m0/s1. The molecule has 0 saturated heterocycles. The SMILES string of the molecule is C/C(C=O)=C\CC[C@@]1(C)C=Cc2cc(O)ccc2O1. The topological polar surface area (TPSA) is 46.5 Å². The summed E-state index contributed by atoms with van der Waals surface area (Å²) in [5.41, 5.74) is 1.26. The molecule has 0 aliphatic carbocycles. The minimum Gasteiger partial charge on any atom is -0.508 e. The van der Waals surface area contributed by atoms with E-state index in [-0.39, 0.29) is 11.4 Å². The summed E-state index contributed by atoms with van der Waals surface area (Å²) in [5.74, 6) is 1.01. The first-order valence-electron chi connectivity index (χ1n) is 6.36. The number of phenolic OH excluding ortho intramolecular Hbond substituents is 1. The van der Waals surface area contributed by atoms with Crippen molar-refractivity contribution in [2.24, 2.45) is 0 Å². The zero-order chi connectivity index (χ0) is 13.9. The normalized spacial score (nSPS) is 21.7. The van der Waals surface area contributed by atoms with Crippen LogP contribution in [0.4, 0.5) is 0 Å². The van der Waals surface area contributed by atoms with Crippen LogP contribution < -0.4 is 4.74 Å². The highest BCUT2D eigenvalue weighted by Crippen LogP contribution is 2.35. The largest absolute Gasteiger partial charge is 0.508 e. The molecule has 1 atom stereocenters. The molecule has 0 amide bonds. The molecule has 1 aromatic carbocycles. The molecule has 2 rings (SSSR count). The molecule has 1 aromatic rings. The van der Waals surface area contributed by atoms with Gasteiger partial charge in [-0.25, -0.2) is 0 Å². The zero-order valence-corrected chi connectivity index (χ0v) is 11.2. The molecule has 0 radical (unpaired) electrons. The summed E-state index contributed by atoms with van der Waals surface area (Å²) < 4.78 is 5.97. The van der Waals surface area contributed by atoms with E-state index < -0.39 is 0 Å². The van der Waals surface area contributed by atoms with Gasteiger partial charge in [-0.05, 0) is 56.5 Å². The van der Waals surface area contributed by atoms with E-state index in [1.807, 2.05) is 25.2 Å². The third-order valence-electron chi connectivity index (χ3n) is 3.24. The molecule has 0 bridgehead atoms. The quantitative estimate of drug-likeness (QED) is 0.664. The van der Waals surface area contributed by atoms with E-state index in [0.717, 1.165) is 36.0 Å². The van der Waals surface area contributed by atoms with E-state index in [1.54, 1.807) is 25.1 Å². The molecule has 1 aliphatic heterocycles. The number of carbonyl (C=O) groups is 1. The van der Waals surface area contributed by atoms with Crippen molar-refractivity contribution in [2.75, 3.05) is 0 Å². The zero-order valence-electron chi connectivity index (χ0n) is 11.2. The maximum atomic E-state index is 10.5. The fourth-order valence-electron chi connectivity index (χ4n) is 2.08. The molecular weight excluding hydrogens is 240 g/mol. The summed E-state index contributed by atoms with van der Waals surface area (Å²) in [5, 5.41) is 9.42. The predicted octanol–water partition coefficient (Wildman–Crippen LogP) is 3.48. The monoisotopic (exact) mass is 258 g/mol. The molecule has 1 heterocycles. The van der Waals surface area contributed by atoms with Gasteiger partial charge < -0.3 is 9.84 Å². The average Bonchev–Trinajstić information content (AvgIpc) is 2.39. The molecule has 0 unspecified atom stereocenters. The number of benzene rings is 1. The summed E-state index contributed by atoms with van der Waals surface area (Å²) in [4.78, 5) is 10.5. The molecule has 19 heavy (non-hydrogen) atoms. The predicted molar refractivity (Wildman–Crippen MR) is 75.2 cm³/mol. The Morgan fingerprint density at radius 1 is 1.47 bits per heavy atom. The smallest absolute Gasteiger partial charge is 0.145 e. The highest BCUT2D eigenvalue weighted by Gasteiger charge is 2.26. The number of carbonyl (C=O) groups excluding carboxylic acids is 1. The van der Waals surface area contributed by atoms with Crippen molar-refractivity contribution >= 4 is 12.4 Å². The Labute approximate surface area is 113 Å². The van der Waals surface area contributed by atoms with E-state index in [0.29, 0.717) is 0 Å². The van der Waals surface area contributed by atoms with Crippen molar-refractivity contribution in [3.63, 3.8) is 0 Å². The second-order valence-corrected chi connectivity index (χ2v) is 5.07. The van der Waals surface area contributed by atoms with Crippen molar-refractivity contribution in [1.29, 1.82) is 0 Å². The Morgan fingerprint density at radius 3 is 3.00 bits per heavy atom. The third-order valence-corrected chi connectivity index (χ3v) is 3.24. The molecule has 0 saturated carbocycles. The number of fused-ring (bicyclic) bond motifs is 1. The van der Waals surface area contributed by atoms with Crippen LogP contribution in [-0.2, 0) is 4.79 Å². The van der Waals surface area contributed by atoms with Crippen molar-refractivity contribution in [1.82, 2.24) is 0 Å². The van der Waals surface area contributed by atoms with Crippen LogP contribution >= 0.6 is 0 Å². The number of hydrogen-bond acceptors (Lipinski definition) is 3. The van der Waals surface area contributed by atoms with Gasteiger partial charge in [0.1, 0.15) is 23.4 Å². The lowest BCUT2D eigenvalue weighted by molar-refractivity contribution is -0.104. The number of phenols is 1. The summed E-state index contributed by atoms with van der Waals surface area (Å²) in [6, 6.07) is 5.08. The summed E-state index contributed by atoms with van der Waals surface area (Å²) in [7, 11) is 0. The Bertz CT molecular complexity index is 543. The van der Waals surface area contributed by atoms with Crippen LogP contribution in [0.5, 0.6) is 11.5 Å². The summed E-state index contributed by atoms with van der Waals surface area (Å²) >= 11 is 0. The second-order valence-electron chi connectivity index (χ2n) is 5.07. The number of aldehydes is 1. The van der Waals surface area contributed by atoms with Gasteiger partial charge in [0.05, 0.1) is 0 Å². The van der Waals surface area contributed by atoms with E-state index in [9.17, 15) is 9.90 Å². The molecule has 3 heteroatoms. The third kappa shape index (κ3) is 3.25. The lowest BCUT2D eigenvalue weighted by Crippen LogP contribution is -2.31. The van der Waals surface area contributed by atoms with Crippen LogP contribution in [0.2, 0.25) is 0 Å². The van der Waals surface area contributed by atoms with Gasteiger partial charge in [0.25, 0.3) is 0 Å². The first kappa shape index (κ1) is 13.4. The molecule has 1 aliphatic rings. The van der Waals surface area contributed by atoms with Gasteiger partial charge in [-0.2, -0.15) is 0 Å². The van der Waals surface area contributed by atoms with Crippen LogP contribution in [0, 0.1) is 0 Å². The van der Waals surface area contributed by atoms with Crippen LogP contribution in [-0.4, -0.2) is 17.0 Å². The van der Waals surface area contributed by atoms with E-state index in [4.69, 9.17) is 4.74 Å². The van der Waals surface area contributed by atoms with Crippen molar-refractivity contribution in [2.45, 2.75) is 32.3 Å². The molecule has 1 N–H and O–H groups in total. The Kier molecular flexibility index (Phi) is 3.74. The molecule has 0 spiro atoms. The molecule has 100 valence electrons. The lowest BCUT2D eigenvalue weighted by atomic mass is 9.94. The van der Waals surface area contributed by atoms with Crippen LogP contribution in [0.3, 0.4) is 0 Å². The highest BCUT2D eigenvalue weighted by molar-refractivity contribution is 5.71. The van der Waals surface area contributed by atoms with Crippen LogP contribution in [0.25, 0.3) is 6.08 Å². The van der Waals surface area contributed by atoms with Gasteiger partial charge in [-0.1, -0.05) is 12.2 Å². The number of aromatic hydroxyl groups is 1. The fraction of sp³-hybridized carbons (Fsp3) is 0.312. The van der Waals surface area contributed by atoms with Crippen LogP contribution in [0.1, 0.15) is 32.3 Å². The van der Waals surface area contributed by atoms with E-state index in [1.165, 1.54) is 0 Å². The molecular formula is C16H18O3. The van der Waals surface area contributed by atoms with Gasteiger partial charge in [0, 0.05) is 5.56 Å². The van der Waals surface area contributed by atoms with Crippen molar-refractivity contribution in [3.05, 3.63) is 41.5 Å². The maximum absolute atomic E-state index is 10.5. The average molecular weight is 258 g/mol. The molecule has 3 nitrogen and oxygen atoms in total. The number of rotatable bonds is 4. The van der Waals surface area contributed by atoms with Crippen molar-refractivity contribution < 1.29 is 14.6 Å². The van der Waals surface area contributed by atoms with Crippen molar-refractivity contribution in [3.8, 4) is 11.5 Å². The fourth-order valence-corrected chi connectivity index (χ4v) is 2.08. The second kappa shape index (κ2) is 5.31. The van der Waals surface area contributed by atoms with Gasteiger partial charge in [-0.3, -0.25) is 4.79 Å². The van der Waals surface area contributed by atoms with Gasteiger partial charge in [0.2, 0.25) is 0 Å². The first-order chi connectivity index (χ1) is 9.02. The molecule has 0 aromatic heterocycles. The highest BCUT2D eigenvalue weighted by atomic mass is 16.5. The van der Waals surface area contributed by atoms with Gasteiger partial charge in [0.15, 0.2) is 0 Å². The van der Waals surface area contributed by atoms with Gasteiger partial charge in [-0.15, -0.1) is 0 Å². The summed E-state index contributed by atoms with van der Waals surface area (Å²) in [6.07, 6.45) is 8.33. The maximum Gasteiger partial charge on any atom is 0.145 e. The first-order valence-corrected chi connectivity index (χ1v) is 6.36. The molecule has 0 fully saturated rings. The lowest BCUT2D eigenvalue weighted by Gasteiger charge is -2.31. The minimum atomic E-state index is -0.371. The van der Waals surface area contributed by atoms with E-state index >= 15 is 0 Å². The van der Waals surface area contributed by atoms with Gasteiger partial charge >= 0.3 is 0 Å². The minimum absolute atomic E-state index is 0.236. The Morgan fingerprint density at radius 2 is 2.26 bits per heavy atom. The van der Waals surface area contributed by atoms with E-state index in [2.05, 4.69) is 0 Å². The Balaban J connectivity index is 2.08.